The number of aromatic nitrogens is 2. The van der Waals surface area contributed by atoms with Crippen LogP contribution in [0.5, 0.6) is 11.5 Å². The van der Waals surface area contributed by atoms with Crippen LogP contribution in [0.25, 0.3) is 6.08 Å². The number of piperidine rings is 1. The van der Waals surface area contributed by atoms with Crippen LogP contribution < -0.4 is 9.47 Å². The summed E-state index contributed by atoms with van der Waals surface area (Å²) >= 11 is 0. The van der Waals surface area contributed by atoms with Gasteiger partial charge in [-0.3, -0.25) is 4.90 Å². The van der Waals surface area contributed by atoms with Crippen molar-refractivity contribution in [3.05, 3.63) is 82.4 Å². The number of aliphatic carboxylic acids is 1. The minimum Gasteiger partial charge on any atom is -0.478 e. The lowest BCUT2D eigenvalue weighted by molar-refractivity contribution is -0.132. The number of carbonyl (C=O) groups is 1. The molecule has 0 saturated carbocycles. The first kappa shape index (κ1) is 25.6. The number of carboxylic acids is 1. The highest BCUT2D eigenvalue weighted by molar-refractivity contribution is 5.91. The lowest BCUT2D eigenvalue weighted by atomic mass is 9.88. The Bertz CT molecular complexity index is 1370. The third kappa shape index (κ3) is 5.44. The molecule has 8 nitrogen and oxygen atoms in total. The highest BCUT2D eigenvalue weighted by Crippen LogP contribution is 2.47. The normalized spacial score (nSPS) is 21.6. The number of hydrogen-bond acceptors (Lipinski definition) is 6. The molecule has 6 rings (SSSR count). The summed E-state index contributed by atoms with van der Waals surface area (Å²) in [5, 5.41) is 9.35. The molecule has 3 aliphatic heterocycles. The van der Waals surface area contributed by atoms with Gasteiger partial charge in [0.05, 0.1) is 31.1 Å². The molecule has 2 fully saturated rings. The SMILES string of the molecule is C/C(=C\c1cnc(CN2CCC(c3cccc4c3O[C@H](c3ccc(C)cc3)O4)CC2)n1C[C@@H]1CCO1)C(=O)O. The summed E-state index contributed by atoms with van der Waals surface area (Å²) in [7, 11) is 0. The maximum atomic E-state index is 11.4. The van der Waals surface area contributed by atoms with Gasteiger partial charge in [0.1, 0.15) is 5.82 Å². The molecule has 2 aromatic carbocycles. The molecule has 3 aromatic rings. The van der Waals surface area contributed by atoms with Crippen molar-refractivity contribution in [2.24, 2.45) is 0 Å². The monoisotopic (exact) mass is 529 g/mol. The van der Waals surface area contributed by atoms with E-state index in [9.17, 15) is 9.90 Å². The summed E-state index contributed by atoms with van der Waals surface area (Å²) in [6, 6.07) is 14.5. The molecule has 1 aromatic heterocycles. The van der Waals surface area contributed by atoms with Gasteiger partial charge in [0, 0.05) is 23.3 Å². The third-order valence-electron chi connectivity index (χ3n) is 8.06. The highest BCUT2D eigenvalue weighted by atomic mass is 16.7. The van der Waals surface area contributed by atoms with E-state index in [0.29, 0.717) is 18.0 Å². The van der Waals surface area contributed by atoms with Gasteiger partial charge in [-0.25, -0.2) is 9.78 Å². The number of rotatable bonds is 8. The van der Waals surface area contributed by atoms with E-state index < -0.39 is 12.3 Å². The van der Waals surface area contributed by atoms with E-state index in [-0.39, 0.29) is 6.10 Å². The first-order valence-corrected chi connectivity index (χ1v) is 13.8. The molecule has 0 unspecified atom stereocenters. The quantitative estimate of drug-likeness (QED) is 0.396. The summed E-state index contributed by atoms with van der Waals surface area (Å²) in [6.07, 6.45) is 6.29. The molecular weight excluding hydrogens is 494 g/mol. The van der Waals surface area contributed by atoms with Gasteiger partial charge in [0.25, 0.3) is 6.29 Å². The number of fused-ring (bicyclic) bond motifs is 1. The van der Waals surface area contributed by atoms with E-state index in [1.54, 1.807) is 19.2 Å². The number of benzene rings is 2. The second-order valence-corrected chi connectivity index (χ2v) is 10.8. The van der Waals surface area contributed by atoms with Gasteiger partial charge in [0.2, 0.25) is 0 Å². The summed E-state index contributed by atoms with van der Waals surface area (Å²) in [6.45, 7) is 7.78. The van der Waals surface area contributed by atoms with Crippen LogP contribution in [0.15, 0.2) is 54.2 Å². The van der Waals surface area contributed by atoms with Crippen molar-refractivity contribution >= 4 is 12.0 Å². The van der Waals surface area contributed by atoms with Crippen molar-refractivity contribution in [1.29, 1.82) is 0 Å². The fourth-order valence-electron chi connectivity index (χ4n) is 5.58. The number of likely N-dealkylation sites (tertiary alicyclic amines) is 1. The van der Waals surface area contributed by atoms with Crippen molar-refractivity contribution in [2.75, 3.05) is 19.7 Å². The Morgan fingerprint density at radius 2 is 1.87 bits per heavy atom. The number of para-hydroxylation sites is 1. The Morgan fingerprint density at radius 3 is 2.56 bits per heavy atom. The smallest absolute Gasteiger partial charge is 0.331 e. The van der Waals surface area contributed by atoms with Crippen LogP contribution in [0.1, 0.15) is 66.6 Å². The topological polar surface area (TPSA) is 86.0 Å². The molecule has 0 amide bonds. The highest BCUT2D eigenvalue weighted by Gasteiger charge is 2.32. The van der Waals surface area contributed by atoms with Gasteiger partial charge in [-0.15, -0.1) is 0 Å². The van der Waals surface area contributed by atoms with Crippen LogP contribution in [0.2, 0.25) is 0 Å². The molecule has 3 aliphatic rings. The zero-order valence-corrected chi connectivity index (χ0v) is 22.5. The van der Waals surface area contributed by atoms with E-state index in [2.05, 4.69) is 52.8 Å². The maximum absolute atomic E-state index is 11.4. The average Bonchev–Trinajstić information content (AvgIpc) is 3.51. The predicted octanol–water partition coefficient (Wildman–Crippen LogP) is 5.32. The zero-order valence-electron chi connectivity index (χ0n) is 22.5. The molecule has 0 spiro atoms. The number of carboxylic acid groups (broad SMARTS) is 1. The summed E-state index contributed by atoms with van der Waals surface area (Å²) in [5.74, 6) is 2.13. The van der Waals surface area contributed by atoms with Crippen LogP contribution in [0.3, 0.4) is 0 Å². The van der Waals surface area contributed by atoms with Gasteiger partial charge in [-0.05, 0) is 64.3 Å². The van der Waals surface area contributed by atoms with E-state index >= 15 is 0 Å². The summed E-state index contributed by atoms with van der Waals surface area (Å²) < 4.78 is 20.3. The Hall–Kier alpha value is -3.62. The zero-order chi connectivity index (χ0) is 26.9. The molecule has 4 heterocycles. The molecule has 2 saturated heterocycles. The van der Waals surface area contributed by atoms with Crippen molar-refractivity contribution in [3.63, 3.8) is 0 Å². The molecule has 1 N–H and O–H groups in total. The number of imidazole rings is 1. The molecule has 39 heavy (non-hydrogen) atoms. The van der Waals surface area contributed by atoms with Crippen molar-refractivity contribution in [2.45, 2.75) is 64.5 Å². The third-order valence-corrected chi connectivity index (χ3v) is 8.06. The first-order valence-electron chi connectivity index (χ1n) is 13.8. The molecular formula is C31H35N3O5. The van der Waals surface area contributed by atoms with Crippen LogP contribution >= 0.6 is 0 Å². The maximum Gasteiger partial charge on any atom is 0.331 e. The van der Waals surface area contributed by atoms with Crippen LogP contribution in [-0.4, -0.2) is 51.3 Å². The number of ether oxygens (including phenoxy) is 3. The van der Waals surface area contributed by atoms with Crippen molar-refractivity contribution in [1.82, 2.24) is 14.5 Å². The molecule has 204 valence electrons. The number of aryl methyl sites for hydroxylation is 1. The minimum atomic E-state index is -0.918. The molecule has 8 heteroatoms. The molecule has 0 radical (unpaired) electrons. The van der Waals surface area contributed by atoms with E-state index in [1.165, 1.54) is 11.1 Å². The van der Waals surface area contributed by atoms with E-state index in [1.807, 2.05) is 6.07 Å². The second-order valence-electron chi connectivity index (χ2n) is 10.8. The van der Waals surface area contributed by atoms with Crippen LogP contribution in [-0.2, 0) is 22.6 Å². The predicted molar refractivity (Wildman–Crippen MR) is 147 cm³/mol. The van der Waals surface area contributed by atoms with Gasteiger partial charge in [-0.2, -0.15) is 0 Å². The lowest BCUT2D eigenvalue weighted by Gasteiger charge is -2.33. The van der Waals surface area contributed by atoms with Crippen molar-refractivity contribution in [3.8, 4) is 11.5 Å². The van der Waals surface area contributed by atoms with Crippen LogP contribution in [0, 0.1) is 6.92 Å². The van der Waals surface area contributed by atoms with E-state index in [4.69, 9.17) is 19.2 Å². The second kappa shape index (κ2) is 10.9. The minimum absolute atomic E-state index is 0.159. The molecule has 0 aliphatic carbocycles. The Kier molecular flexibility index (Phi) is 7.14. The Labute approximate surface area is 228 Å². The molecule has 2 atom stereocenters. The average molecular weight is 530 g/mol. The summed E-state index contributed by atoms with van der Waals surface area (Å²) in [4.78, 5) is 18.5. The van der Waals surface area contributed by atoms with Gasteiger partial charge in [-0.1, -0.05) is 42.0 Å². The summed E-state index contributed by atoms with van der Waals surface area (Å²) in [5.41, 5.74) is 4.57. The van der Waals surface area contributed by atoms with Crippen molar-refractivity contribution < 1.29 is 24.1 Å². The number of hydrogen-bond donors (Lipinski definition) is 1. The Morgan fingerprint density at radius 1 is 1.10 bits per heavy atom. The first-order chi connectivity index (χ1) is 18.9. The fourth-order valence-corrected chi connectivity index (χ4v) is 5.58. The largest absolute Gasteiger partial charge is 0.478 e. The number of nitrogens with zero attached hydrogens (tertiary/aromatic N) is 3. The van der Waals surface area contributed by atoms with Gasteiger partial charge in [0.15, 0.2) is 11.5 Å². The van der Waals surface area contributed by atoms with Crippen LogP contribution in [0.4, 0.5) is 0 Å². The Balaban J connectivity index is 1.13. The van der Waals surface area contributed by atoms with Gasteiger partial charge < -0.3 is 23.9 Å². The lowest BCUT2D eigenvalue weighted by Crippen LogP contribution is -2.35. The standard InChI is InChI=1S/C31H35N3O5/c1-20-6-8-23(9-7-20)31-38-27-5-3-4-26(29(27)39-31)22-10-13-33(14-11-22)19-28-32-17-24(16-21(2)30(35)36)34(28)18-25-12-15-37-25/h3-9,16-17,22,25,31H,10-15,18-19H2,1-2H3,(H,35,36)/b21-16+/t25-,31+/m0/s1. The fraction of sp³-hybridized carbons (Fsp3) is 0.419. The molecule has 0 bridgehead atoms. The van der Waals surface area contributed by atoms with Gasteiger partial charge >= 0.3 is 5.97 Å². The van der Waals surface area contributed by atoms with E-state index in [0.717, 1.165) is 74.1 Å².